The quantitative estimate of drug-likeness (QED) is 0.434. The summed E-state index contributed by atoms with van der Waals surface area (Å²) in [5.74, 6) is 2.39. The minimum Gasteiger partial charge on any atom is -0.493 e. The second-order valence-corrected chi connectivity index (χ2v) is 4.76. The number of nitrogens with zero attached hydrogens (tertiary/aromatic N) is 1. The van der Waals surface area contributed by atoms with Gasteiger partial charge in [-0.1, -0.05) is 6.07 Å². The zero-order valence-electron chi connectivity index (χ0n) is 12.8. The van der Waals surface area contributed by atoms with E-state index in [4.69, 9.17) is 9.47 Å². The smallest absolute Gasteiger partial charge is 0.191 e. The van der Waals surface area contributed by atoms with Crippen LogP contribution in [0.15, 0.2) is 23.2 Å². The van der Waals surface area contributed by atoms with Gasteiger partial charge < -0.3 is 20.1 Å². The van der Waals surface area contributed by atoms with Crippen LogP contribution in [0.3, 0.4) is 0 Å². The highest BCUT2D eigenvalue weighted by Crippen LogP contribution is 2.28. The van der Waals surface area contributed by atoms with Crippen molar-refractivity contribution in [3.05, 3.63) is 23.8 Å². The predicted octanol–water partition coefficient (Wildman–Crippen LogP) is 2.54. The van der Waals surface area contributed by atoms with Gasteiger partial charge in [0.05, 0.1) is 13.7 Å². The van der Waals surface area contributed by atoms with Crippen LogP contribution in [0.5, 0.6) is 11.5 Å². The number of hydrogen-bond donors (Lipinski definition) is 2. The number of methoxy groups -OCH3 is 1. The molecule has 0 heterocycles. The second kappa shape index (κ2) is 8.96. The number of ether oxygens (including phenoxy) is 2. The molecule has 2 N–H and O–H groups in total. The van der Waals surface area contributed by atoms with E-state index in [0.717, 1.165) is 23.0 Å². The van der Waals surface area contributed by atoms with Crippen LogP contribution in [0.1, 0.15) is 25.3 Å². The average molecular weight is 405 g/mol. The third-order valence-electron chi connectivity index (χ3n) is 3.13. The van der Waals surface area contributed by atoms with Gasteiger partial charge >= 0.3 is 0 Å². The van der Waals surface area contributed by atoms with E-state index in [-0.39, 0.29) is 24.0 Å². The van der Waals surface area contributed by atoms with E-state index in [1.807, 2.05) is 25.1 Å². The molecular formula is C15H24IN3O2. The fraction of sp³-hybridized carbons (Fsp3) is 0.533. The summed E-state index contributed by atoms with van der Waals surface area (Å²) in [4.78, 5) is 4.21. The van der Waals surface area contributed by atoms with E-state index in [2.05, 4.69) is 15.6 Å². The number of hydrogen-bond acceptors (Lipinski definition) is 3. The maximum atomic E-state index is 5.51. The summed E-state index contributed by atoms with van der Waals surface area (Å²) < 4.78 is 10.9. The molecular weight excluding hydrogens is 381 g/mol. The highest BCUT2D eigenvalue weighted by molar-refractivity contribution is 14.0. The number of nitrogens with one attached hydrogen (secondary N) is 2. The highest BCUT2D eigenvalue weighted by Gasteiger charge is 2.22. The lowest BCUT2D eigenvalue weighted by atomic mass is 10.2. The van der Waals surface area contributed by atoms with Crippen molar-refractivity contribution in [1.29, 1.82) is 0 Å². The molecule has 0 aliphatic heterocycles. The van der Waals surface area contributed by atoms with E-state index in [1.165, 1.54) is 12.8 Å². The molecule has 118 valence electrons. The zero-order valence-corrected chi connectivity index (χ0v) is 15.1. The minimum atomic E-state index is 0. The van der Waals surface area contributed by atoms with E-state index >= 15 is 0 Å². The Labute approximate surface area is 143 Å². The van der Waals surface area contributed by atoms with Crippen LogP contribution in [0.4, 0.5) is 0 Å². The summed E-state index contributed by atoms with van der Waals surface area (Å²) in [6.45, 7) is 3.30. The Morgan fingerprint density at radius 3 is 2.67 bits per heavy atom. The third-order valence-corrected chi connectivity index (χ3v) is 3.13. The van der Waals surface area contributed by atoms with Crippen molar-refractivity contribution in [3.63, 3.8) is 0 Å². The molecule has 0 spiro atoms. The van der Waals surface area contributed by atoms with Crippen molar-refractivity contribution in [2.24, 2.45) is 4.99 Å². The van der Waals surface area contributed by atoms with Gasteiger partial charge in [-0.25, -0.2) is 0 Å². The van der Waals surface area contributed by atoms with Gasteiger partial charge in [0, 0.05) is 19.6 Å². The Balaban J connectivity index is 0.00000220. The standard InChI is InChI=1S/C15H23N3O2.HI/c1-4-20-13-8-5-11(9-14(13)19-3)10-17-15(16-2)18-12-6-7-12;/h5,8-9,12H,4,6-7,10H2,1-3H3,(H2,16,17,18);1H. The molecule has 1 aromatic rings. The van der Waals surface area contributed by atoms with Crippen LogP contribution in [0.2, 0.25) is 0 Å². The first-order valence-corrected chi connectivity index (χ1v) is 7.03. The fourth-order valence-electron chi connectivity index (χ4n) is 1.90. The number of halogens is 1. The summed E-state index contributed by atoms with van der Waals surface area (Å²) in [7, 11) is 3.44. The molecule has 1 saturated carbocycles. The number of aliphatic imine (C=N–C) groups is 1. The Morgan fingerprint density at radius 1 is 1.33 bits per heavy atom. The highest BCUT2D eigenvalue weighted by atomic mass is 127. The van der Waals surface area contributed by atoms with Crippen molar-refractivity contribution in [2.45, 2.75) is 32.4 Å². The minimum absolute atomic E-state index is 0. The van der Waals surface area contributed by atoms with E-state index in [1.54, 1.807) is 14.2 Å². The number of benzene rings is 1. The first-order valence-electron chi connectivity index (χ1n) is 7.03. The van der Waals surface area contributed by atoms with Gasteiger partial charge in [0.25, 0.3) is 0 Å². The van der Waals surface area contributed by atoms with Gasteiger partial charge in [-0.2, -0.15) is 0 Å². The van der Waals surface area contributed by atoms with Crippen LogP contribution in [0, 0.1) is 0 Å². The number of rotatable bonds is 6. The molecule has 21 heavy (non-hydrogen) atoms. The first-order chi connectivity index (χ1) is 9.76. The summed E-state index contributed by atoms with van der Waals surface area (Å²) in [5.41, 5.74) is 1.13. The number of guanidine groups is 1. The van der Waals surface area contributed by atoms with Gasteiger partial charge in [-0.3, -0.25) is 4.99 Å². The van der Waals surface area contributed by atoms with Crippen molar-refractivity contribution < 1.29 is 9.47 Å². The maximum absolute atomic E-state index is 5.51. The van der Waals surface area contributed by atoms with Crippen molar-refractivity contribution >= 4 is 29.9 Å². The Bertz CT molecular complexity index is 476. The van der Waals surface area contributed by atoms with Gasteiger partial charge in [0.15, 0.2) is 17.5 Å². The molecule has 0 atom stereocenters. The van der Waals surface area contributed by atoms with Gasteiger partial charge in [0.2, 0.25) is 0 Å². The summed E-state index contributed by atoms with van der Waals surface area (Å²) in [6, 6.07) is 6.56. The molecule has 6 heteroatoms. The lowest BCUT2D eigenvalue weighted by molar-refractivity contribution is 0.310. The predicted molar refractivity (Wildman–Crippen MR) is 95.9 cm³/mol. The van der Waals surface area contributed by atoms with Gasteiger partial charge in [-0.15, -0.1) is 24.0 Å². The topological polar surface area (TPSA) is 54.9 Å². The molecule has 1 aliphatic carbocycles. The summed E-state index contributed by atoms with van der Waals surface area (Å²) >= 11 is 0. The van der Waals surface area contributed by atoms with Gasteiger partial charge in [0.1, 0.15) is 0 Å². The molecule has 0 bridgehead atoms. The molecule has 1 fully saturated rings. The molecule has 0 aromatic heterocycles. The molecule has 0 radical (unpaired) electrons. The summed E-state index contributed by atoms with van der Waals surface area (Å²) in [5, 5.41) is 6.66. The van der Waals surface area contributed by atoms with Crippen LogP contribution >= 0.6 is 24.0 Å². The Hall–Kier alpha value is -1.18. The van der Waals surface area contributed by atoms with Crippen LogP contribution < -0.4 is 20.1 Å². The van der Waals surface area contributed by atoms with Crippen LogP contribution in [-0.2, 0) is 6.54 Å². The monoisotopic (exact) mass is 405 g/mol. The largest absolute Gasteiger partial charge is 0.493 e. The van der Waals surface area contributed by atoms with Crippen molar-refractivity contribution in [1.82, 2.24) is 10.6 Å². The van der Waals surface area contributed by atoms with Crippen molar-refractivity contribution in [3.8, 4) is 11.5 Å². The molecule has 1 aliphatic rings. The third kappa shape index (κ3) is 5.61. The molecule has 0 amide bonds. The molecule has 2 rings (SSSR count). The van der Waals surface area contributed by atoms with Crippen LogP contribution in [0.25, 0.3) is 0 Å². The lowest BCUT2D eigenvalue weighted by Crippen LogP contribution is -2.38. The molecule has 1 aromatic carbocycles. The van der Waals surface area contributed by atoms with E-state index in [0.29, 0.717) is 19.2 Å². The first kappa shape index (κ1) is 17.9. The maximum Gasteiger partial charge on any atom is 0.191 e. The lowest BCUT2D eigenvalue weighted by Gasteiger charge is -2.13. The Morgan fingerprint density at radius 2 is 2.10 bits per heavy atom. The van der Waals surface area contributed by atoms with Gasteiger partial charge in [-0.05, 0) is 37.5 Å². The summed E-state index contributed by atoms with van der Waals surface area (Å²) in [6.07, 6.45) is 2.47. The molecule has 0 unspecified atom stereocenters. The average Bonchev–Trinajstić information content (AvgIpc) is 3.28. The SMILES string of the molecule is CCOc1ccc(CNC(=NC)NC2CC2)cc1OC.I. The fourth-order valence-corrected chi connectivity index (χ4v) is 1.90. The molecule has 5 nitrogen and oxygen atoms in total. The zero-order chi connectivity index (χ0) is 14.4. The Kier molecular flexibility index (Phi) is 7.63. The molecule has 0 saturated heterocycles. The van der Waals surface area contributed by atoms with E-state index < -0.39 is 0 Å². The van der Waals surface area contributed by atoms with E-state index in [9.17, 15) is 0 Å². The normalized spacial score (nSPS) is 14.1. The van der Waals surface area contributed by atoms with Crippen LogP contribution in [-0.4, -0.2) is 32.8 Å². The second-order valence-electron chi connectivity index (χ2n) is 4.76. The van der Waals surface area contributed by atoms with Crippen molar-refractivity contribution in [2.75, 3.05) is 20.8 Å².